The molecule has 4 aromatic heterocycles. The van der Waals surface area contributed by atoms with Gasteiger partial charge in [0.05, 0.1) is 25.1 Å². The fourth-order valence-corrected chi connectivity index (χ4v) is 6.23. The van der Waals surface area contributed by atoms with Crippen molar-refractivity contribution in [2.45, 2.75) is 65.4 Å². The summed E-state index contributed by atoms with van der Waals surface area (Å²) in [6.07, 6.45) is 9.68. The van der Waals surface area contributed by atoms with Crippen LogP contribution in [0.2, 0.25) is 0 Å². The highest BCUT2D eigenvalue weighted by Crippen LogP contribution is 2.27. The van der Waals surface area contributed by atoms with E-state index in [4.69, 9.17) is 14.5 Å². The maximum Gasteiger partial charge on any atom is 0.332 e. The first kappa shape index (κ1) is 34.8. The number of rotatable bonds is 14. The SMILES string of the molecule is CCCn1c(=O)n(CCCC(=O)OC(C)[n+]2ccc(-c3cnc(-c4ccc(F)cc4)n3CCCN3CCOCC3)cc2)c(=O)c2nccnc21. The summed E-state index contributed by atoms with van der Waals surface area (Å²) in [6.45, 7) is 9.17. The predicted molar refractivity (Wildman–Crippen MR) is 184 cm³/mol. The van der Waals surface area contributed by atoms with Gasteiger partial charge in [0.15, 0.2) is 23.6 Å². The van der Waals surface area contributed by atoms with Gasteiger partial charge < -0.3 is 14.0 Å². The van der Waals surface area contributed by atoms with Gasteiger partial charge in [-0.25, -0.2) is 24.1 Å². The zero-order valence-corrected chi connectivity index (χ0v) is 28.4. The molecule has 0 amide bonds. The van der Waals surface area contributed by atoms with Gasteiger partial charge >= 0.3 is 17.9 Å². The average Bonchev–Trinajstić information content (AvgIpc) is 3.56. The monoisotopic (exact) mass is 685 g/mol. The van der Waals surface area contributed by atoms with E-state index in [2.05, 4.69) is 19.4 Å². The zero-order chi connectivity index (χ0) is 35.0. The Kier molecular flexibility index (Phi) is 11.2. The number of pyridine rings is 1. The molecule has 1 atom stereocenters. The van der Waals surface area contributed by atoms with Crippen molar-refractivity contribution in [3.63, 3.8) is 0 Å². The predicted octanol–water partition coefficient (Wildman–Crippen LogP) is 3.58. The van der Waals surface area contributed by atoms with E-state index in [1.165, 1.54) is 29.1 Å². The molecule has 0 radical (unpaired) electrons. The standard InChI is InChI=1S/C36H42FN8O5/c1-3-15-44-34-32(38-13-14-39-34)35(47)45(36(44)48)17-4-6-31(46)50-26(2)42-19-11-27(12-20-42)30-25-40-33(28-7-9-29(37)10-8-28)43(30)18-5-16-41-21-23-49-24-22-41/h7-14,19-20,25-26H,3-6,15-18,21-24H2,1-2H3/q+1. The van der Waals surface area contributed by atoms with Gasteiger partial charge in [-0.05, 0) is 43.5 Å². The Balaban J connectivity index is 1.10. The molecular weight excluding hydrogens is 643 g/mol. The Bertz CT molecular complexity index is 2040. The molecule has 13 nitrogen and oxygen atoms in total. The van der Waals surface area contributed by atoms with Crippen LogP contribution in [0.25, 0.3) is 33.8 Å². The van der Waals surface area contributed by atoms with Gasteiger partial charge in [-0.15, -0.1) is 0 Å². The fourth-order valence-electron chi connectivity index (χ4n) is 6.23. The summed E-state index contributed by atoms with van der Waals surface area (Å²) in [5.41, 5.74) is 2.10. The first-order valence-corrected chi connectivity index (χ1v) is 17.1. The van der Waals surface area contributed by atoms with E-state index in [1.54, 1.807) is 23.6 Å². The third kappa shape index (κ3) is 7.87. The lowest BCUT2D eigenvalue weighted by molar-refractivity contribution is -0.753. The molecule has 0 N–H and O–H groups in total. The van der Waals surface area contributed by atoms with Crippen molar-refractivity contribution in [2.75, 3.05) is 32.8 Å². The van der Waals surface area contributed by atoms with E-state index in [0.29, 0.717) is 13.0 Å². The van der Waals surface area contributed by atoms with E-state index in [-0.39, 0.29) is 36.4 Å². The lowest BCUT2D eigenvalue weighted by Gasteiger charge is -2.26. The number of imidazole rings is 1. The van der Waals surface area contributed by atoms with Crippen LogP contribution < -0.4 is 15.8 Å². The Hall–Kier alpha value is -5.08. The van der Waals surface area contributed by atoms with E-state index in [0.717, 1.165) is 73.0 Å². The molecule has 1 aromatic carbocycles. The molecule has 5 heterocycles. The van der Waals surface area contributed by atoms with Crippen molar-refractivity contribution in [1.29, 1.82) is 0 Å². The highest BCUT2D eigenvalue weighted by atomic mass is 19.1. The maximum absolute atomic E-state index is 13.7. The number of ether oxygens (including phenoxy) is 2. The summed E-state index contributed by atoms with van der Waals surface area (Å²) in [5, 5.41) is 0. The van der Waals surface area contributed by atoms with E-state index < -0.39 is 23.4 Å². The van der Waals surface area contributed by atoms with Gasteiger partial charge in [-0.2, -0.15) is 4.57 Å². The second kappa shape index (κ2) is 16.1. The lowest BCUT2D eigenvalue weighted by Crippen LogP contribution is -2.41. The largest absolute Gasteiger partial charge is 0.403 e. The van der Waals surface area contributed by atoms with Crippen LogP contribution in [0.4, 0.5) is 4.39 Å². The van der Waals surface area contributed by atoms with Crippen molar-refractivity contribution in [2.24, 2.45) is 0 Å². The van der Waals surface area contributed by atoms with Gasteiger partial charge in [-0.3, -0.25) is 23.6 Å². The van der Waals surface area contributed by atoms with Gasteiger partial charge in [0.25, 0.3) is 5.56 Å². The second-order valence-corrected chi connectivity index (χ2v) is 12.3. The number of esters is 1. The summed E-state index contributed by atoms with van der Waals surface area (Å²) in [7, 11) is 0. The minimum absolute atomic E-state index is 0.0247. The first-order valence-electron chi connectivity index (χ1n) is 17.1. The normalized spacial score (nSPS) is 14.2. The van der Waals surface area contributed by atoms with Crippen molar-refractivity contribution < 1.29 is 23.2 Å². The minimum atomic E-state index is -0.592. The van der Waals surface area contributed by atoms with Gasteiger partial charge in [-0.1, -0.05) is 6.92 Å². The number of fused-ring (bicyclic) bond motifs is 1. The number of hydrogen-bond donors (Lipinski definition) is 0. The number of hydrogen-bond acceptors (Lipinski definition) is 9. The molecule has 262 valence electrons. The molecule has 1 aliphatic rings. The van der Waals surface area contributed by atoms with Gasteiger partial charge in [0.2, 0.25) is 0 Å². The molecule has 0 bridgehead atoms. The number of carbonyl (C=O) groups is 1. The van der Waals surface area contributed by atoms with Crippen molar-refractivity contribution >= 4 is 17.1 Å². The Labute approximate surface area is 288 Å². The van der Waals surface area contributed by atoms with Crippen LogP contribution in [-0.2, 0) is 33.9 Å². The Morgan fingerprint density at radius 3 is 2.36 bits per heavy atom. The Morgan fingerprint density at radius 1 is 0.900 bits per heavy atom. The quantitative estimate of drug-likeness (QED) is 0.127. The van der Waals surface area contributed by atoms with Crippen molar-refractivity contribution in [3.05, 3.63) is 94.0 Å². The zero-order valence-electron chi connectivity index (χ0n) is 28.4. The highest BCUT2D eigenvalue weighted by molar-refractivity contribution is 5.69. The van der Waals surface area contributed by atoms with Crippen molar-refractivity contribution in [3.8, 4) is 22.6 Å². The third-order valence-electron chi connectivity index (χ3n) is 8.84. The Morgan fingerprint density at radius 2 is 1.62 bits per heavy atom. The van der Waals surface area contributed by atoms with E-state index in [1.807, 2.05) is 37.6 Å². The molecule has 1 fully saturated rings. The van der Waals surface area contributed by atoms with E-state index >= 15 is 0 Å². The van der Waals surface area contributed by atoms with Crippen LogP contribution in [0.15, 0.2) is 77.0 Å². The second-order valence-electron chi connectivity index (χ2n) is 12.3. The summed E-state index contributed by atoms with van der Waals surface area (Å²) in [5.74, 6) is 0.0253. The maximum atomic E-state index is 13.7. The molecular formula is C36H42FN8O5+. The minimum Gasteiger partial charge on any atom is -0.403 e. The number of aromatic nitrogens is 7. The molecule has 1 saturated heterocycles. The third-order valence-corrected chi connectivity index (χ3v) is 8.84. The molecule has 6 rings (SSSR count). The molecule has 5 aromatic rings. The number of morpholine rings is 1. The van der Waals surface area contributed by atoms with E-state index in [9.17, 15) is 18.8 Å². The van der Waals surface area contributed by atoms with Crippen LogP contribution >= 0.6 is 0 Å². The highest BCUT2D eigenvalue weighted by Gasteiger charge is 2.21. The lowest BCUT2D eigenvalue weighted by atomic mass is 10.2. The van der Waals surface area contributed by atoms with Crippen LogP contribution in [-0.4, -0.2) is 72.4 Å². The number of benzene rings is 1. The van der Waals surface area contributed by atoms with Crippen LogP contribution in [0, 0.1) is 5.82 Å². The van der Waals surface area contributed by atoms with Crippen LogP contribution in [0.5, 0.6) is 0 Å². The average molecular weight is 686 g/mol. The van der Waals surface area contributed by atoms with Crippen LogP contribution in [0.1, 0.15) is 45.8 Å². The molecule has 50 heavy (non-hydrogen) atoms. The van der Waals surface area contributed by atoms with Gasteiger partial charge in [0, 0.05) is 88.3 Å². The molecule has 1 aliphatic heterocycles. The summed E-state index contributed by atoms with van der Waals surface area (Å²) in [6, 6.07) is 10.3. The molecule has 0 spiro atoms. The smallest absolute Gasteiger partial charge is 0.332 e. The van der Waals surface area contributed by atoms with Crippen LogP contribution in [0.3, 0.4) is 0 Å². The number of halogens is 1. The summed E-state index contributed by atoms with van der Waals surface area (Å²) < 4.78 is 31.4. The fraction of sp³-hybridized carbons (Fsp3) is 0.417. The topological polar surface area (TPSA) is 130 Å². The van der Waals surface area contributed by atoms with Gasteiger partial charge in [0.1, 0.15) is 11.6 Å². The molecule has 14 heteroatoms. The summed E-state index contributed by atoms with van der Waals surface area (Å²) in [4.78, 5) is 54.4. The number of carbonyl (C=O) groups excluding carboxylic acids is 1. The summed E-state index contributed by atoms with van der Waals surface area (Å²) >= 11 is 0. The first-order chi connectivity index (χ1) is 24.3. The number of aryl methyl sites for hydroxylation is 1. The number of nitrogens with zero attached hydrogens (tertiary/aromatic N) is 8. The molecule has 1 unspecified atom stereocenters. The van der Waals surface area contributed by atoms with Crippen molar-refractivity contribution in [1.82, 2.24) is 33.6 Å². The molecule has 0 saturated carbocycles. The molecule has 0 aliphatic carbocycles.